The van der Waals surface area contributed by atoms with E-state index in [2.05, 4.69) is 43.5 Å². The third-order valence-corrected chi connectivity index (χ3v) is 10.9. The molecule has 2 atom stereocenters. The van der Waals surface area contributed by atoms with Crippen molar-refractivity contribution in [3.63, 3.8) is 0 Å². The van der Waals surface area contributed by atoms with E-state index in [1.54, 1.807) is 0 Å². The number of unbranched alkanes of at least 4 members (excludes halogenated alkanes) is 22. The van der Waals surface area contributed by atoms with Crippen LogP contribution in [0.3, 0.4) is 0 Å². The van der Waals surface area contributed by atoms with Crippen molar-refractivity contribution in [1.82, 2.24) is 5.32 Å². The highest BCUT2D eigenvalue weighted by Crippen LogP contribution is 2.43. The normalized spacial score (nSPS) is 13.3. The van der Waals surface area contributed by atoms with Crippen LogP contribution in [0.1, 0.15) is 194 Å². The molecular formula is C43H79INO9P. The fraction of sp³-hybridized carbons (Fsp3) is 0.837. The van der Waals surface area contributed by atoms with Crippen LogP contribution in [0.2, 0.25) is 0 Å². The number of carbonyl (C=O) groups is 3. The number of alkyl halides is 1. The zero-order valence-corrected chi connectivity index (χ0v) is 37.8. The lowest BCUT2D eigenvalue weighted by atomic mass is 10.1. The Morgan fingerprint density at radius 3 is 1.47 bits per heavy atom. The maximum atomic E-state index is 12.7. The van der Waals surface area contributed by atoms with Gasteiger partial charge in [-0.05, 0) is 64.2 Å². The van der Waals surface area contributed by atoms with E-state index in [0.717, 1.165) is 64.2 Å². The molecule has 0 rings (SSSR count). The van der Waals surface area contributed by atoms with Gasteiger partial charge in [0.2, 0.25) is 5.91 Å². The van der Waals surface area contributed by atoms with Gasteiger partial charge in [0.05, 0.1) is 17.6 Å². The molecule has 1 unspecified atom stereocenters. The summed E-state index contributed by atoms with van der Waals surface area (Å²) >= 11 is 1.91. The van der Waals surface area contributed by atoms with Gasteiger partial charge < -0.3 is 19.7 Å². The van der Waals surface area contributed by atoms with E-state index in [0.29, 0.717) is 12.8 Å². The minimum atomic E-state index is -4.50. The molecule has 0 bridgehead atoms. The van der Waals surface area contributed by atoms with Crippen LogP contribution in [0.25, 0.3) is 0 Å². The lowest BCUT2D eigenvalue weighted by molar-refractivity contribution is -0.161. The van der Waals surface area contributed by atoms with E-state index in [9.17, 15) is 23.8 Å². The number of carbonyl (C=O) groups excluding carboxylic acids is 3. The minimum Gasteiger partial charge on any atom is -0.462 e. The van der Waals surface area contributed by atoms with Crippen LogP contribution in [0.15, 0.2) is 24.3 Å². The maximum Gasteiger partial charge on any atom is 0.472 e. The molecule has 0 aliphatic rings. The van der Waals surface area contributed by atoms with Gasteiger partial charge in [0.25, 0.3) is 0 Å². The predicted octanol–water partition coefficient (Wildman–Crippen LogP) is 12.2. The quantitative estimate of drug-likeness (QED) is 0.0153. The molecule has 0 radical (unpaired) electrons. The lowest BCUT2D eigenvalue weighted by Gasteiger charge is -2.20. The molecular weight excluding hydrogens is 832 g/mol. The van der Waals surface area contributed by atoms with Crippen LogP contribution >= 0.6 is 30.4 Å². The van der Waals surface area contributed by atoms with Gasteiger partial charge >= 0.3 is 19.8 Å². The first-order chi connectivity index (χ1) is 26.7. The van der Waals surface area contributed by atoms with Crippen molar-refractivity contribution in [2.75, 3.05) is 30.8 Å². The van der Waals surface area contributed by atoms with Crippen LogP contribution in [0.4, 0.5) is 0 Å². The summed E-state index contributed by atoms with van der Waals surface area (Å²) in [4.78, 5) is 46.6. The highest BCUT2D eigenvalue weighted by Gasteiger charge is 2.26. The predicted molar refractivity (Wildman–Crippen MR) is 233 cm³/mol. The first-order valence-electron chi connectivity index (χ1n) is 21.8. The molecule has 0 aliphatic heterocycles. The van der Waals surface area contributed by atoms with Crippen molar-refractivity contribution >= 4 is 48.3 Å². The average molecular weight is 912 g/mol. The Kier molecular flexibility index (Phi) is 40.0. The van der Waals surface area contributed by atoms with Gasteiger partial charge in [-0.3, -0.25) is 23.4 Å². The summed E-state index contributed by atoms with van der Waals surface area (Å²) in [7, 11) is -4.50. The number of esters is 2. The molecule has 0 spiro atoms. The number of rotatable bonds is 41. The molecule has 2 N–H and O–H groups in total. The Labute approximate surface area is 349 Å². The number of hydrogen-bond donors (Lipinski definition) is 2. The molecule has 322 valence electrons. The second-order valence-electron chi connectivity index (χ2n) is 14.5. The monoisotopic (exact) mass is 911 g/mol. The maximum absolute atomic E-state index is 12.7. The fourth-order valence-corrected chi connectivity index (χ4v) is 6.93. The van der Waals surface area contributed by atoms with E-state index in [4.69, 9.17) is 18.5 Å². The van der Waals surface area contributed by atoms with Crippen LogP contribution in [-0.4, -0.2) is 59.6 Å². The van der Waals surface area contributed by atoms with Gasteiger partial charge in [-0.1, -0.05) is 163 Å². The molecule has 0 aromatic heterocycles. The standard InChI is InChI=1S/C43H79INO9P/c1-3-5-7-9-11-13-15-17-19-21-23-25-27-29-31-33-42(47)51-38-40(39-53-55(49,50)52-36-35-45-41(46)37-44)54-43(48)34-32-30-28-26-24-22-20-18-16-14-12-10-8-6-4-2/h17-20,40H,3-16,21-39H2,1-2H3,(H,45,46)(H,49,50)/b19-17-,20-18-/t40-/m1/s1. The van der Waals surface area contributed by atoms with Gasteiger partial charge in [-0.2, -0.15) is 0 Å². The molecule has 0 aromatic rings. The largest absolute Gasteiger partial charge is 0.472 e. The average Bonchev–Trinajstić information content (AvgIpc) is 3.17. The Balaban J connectivity index is 4.41. The SMILES string of the molecule is CCCCCCCC/C=C\CCCCCCCC(=O)OC[C@H](COP(=O)(O)OCCNC(=O)CI)OC(=O)CCCCCCC/C=C\CCCCCCCC. The number of ether oxygens (including phenoxy) is 2. The van der Waals surface area contributed by atoms with Crippen molar-refractivity contribution in [2.45, 2.75) is 200 Å². The summed E-state index contributed by atoms with van der Waals surface area (Å²) < 4.78 is 33.5. The molecule has 0 fully saturated rings. The number of phosphoric ester groups is 1. The first-order valence-corrected chi connectivity index (χ1v) is 24.9. The van der Waals surface area contributed by atoms with Gasteiger partial charge in [-0.25, -0.2) is 4.57 Å². The molecule has 12 heteroatoms. The molecule has 0 saturated carbocycles. The number of nitrogens with one attached hydrogen (secondary N) is 1. The van der Waals surface area contributed by atoms with Crippen molar-refractivity contribution in [3.05, 3.63) is 24.3 Å². The Morgan fingerprint density at radius 1 is 0.600 bits per heavy atom. The minimum absolute atomic E-state index is 0.0398. The van der Waals surface area contributed by atoms with E-state index in [1.165, 1.54) is 89.9 Å². The van der Waals surface area contributed by atoms with Crippen molar-refractivity contribution in [3.8, 4) is 0 Å². The molecule has 55 heavy (non-hydrogen) atoms. The lowest BCUT2D eigenvalue weighted by Crippen LogP contribution is -2.30. The number of amides is 1. The van der Waals surface area contributed by atoms with E-state index in [-0.39, 0.29) is 42.9 Å². The molecule has 1 amide bonds. The molecule has 0 aliphatic carbocycles. The fourth-order valence-electron chi connectivity index (χ4n) is 5.91. The smallest absolute Gasteiger partial charge is 0.462 e. The van der Waals surface area contributed by atoms with Crippen molar-refractivity contribution in [1.29, 1.82) is 0 Å². The summed E-state index contributed by atoms with van der Waals surface area (Å²) in [6.07, 6.45) is 38.8. The van der Waals surface area contributed by atoms with Crippen molar-refractivity contribution < 1.29 is 42.4 Å². The van der Waals surface area contributed by atoms with Gasteiger partial charge in [-0.15, -0.1) is 0 Å². The van der Waals surface area contributed by atoms with Crippen LogP contribution < -0.4 is 5.32 Å². The molecule has 0 heterocycles. The summed E-state index contributed by atoms with van der Waals surface area (Å²) in [6.45, 7) is 3.53. The van der Waals surface area contributed by atoms with E-state index >= 15 is 0 Å². The zero-order chi connectivity index (χ0) is 40.5. The Morgan fingerprint density at radius 2 is 1.02 bits per heavy atom. The Hall–Kier alpha value is -1.27. The highest BCUT2D eigenvalue weighted by atomic mass is 127. The zero-order valence-electron chi connectivity index (χ0n) is 34.8. The van der Waals surface area contributed by atoms with E-state index in [1.807, 2.05) is 22.6 Å². The molecule has 0 saturated heterocycles. The Bertz CT molecular complexity index is 1030. The molecule has 0 aromatic carbocycles. The highest BCUT2D eigenvalue weighted by molar-refractivity contribution is 14.1. The first kappa shape index (κ1) is 53.7. The van der Waals surface area contributed by atoms with Gasteiger partial charge in [0.1, 0.15) is 6.61 Å². The second kappa shape index (κ2) is 40.9. The third-order valence-electron chi connectivity index (χ3n) is 9.24. The van der Waals surface area contributed by atoms with Crippen LogP contribution in [0, 0.1) is 0 Å². The van der Waals surface area contributed by atoms with Gasteiger partial charge in [0, 0.05) is 19.4 Å². The second-order valence-corrected chi connectivity index (χ2v) is 16.8. The number of allylic oxidation sites excluding steroid dienone is 4. The number of phosphoric acid groups is 1. The number of halogens is 1. The third kappa shape index (κ3) is 40.7. The van der Waals surface area contributed by atoms with Crippen LogP contribution in [-0.2, 0) is 37.5 Å². The summed E-state index contributed by atoms with van der Waals surface area (Å²) in [5.74, 6) is -1.11. The van der Waals surface area contributed by atoms with Gasteiger partial charge in [0.15, 0.2) is 6.10 Å². The van der Waals surface area contributed by atoms with Crippen molar-refractivity contribution in [2.24, 2.45) is 0 Å². The van der Waals surface area contributed by atoms with E-state index < -0.39 is 32.5 Å². The van der Waals surface area contributed by atoms with Crippen LogP contribution in [0.5, 0.6) is 0 Å². The summed E-state index contributed by atoms with van der Waals surface area (Å²) in [5, 5.41) is 2.54. The number of hydrogen-bond acceptors (Lipinski definition) is 8. The summed E-state index contributed by atoms with van der Waals surface area (Å²) in [6, 6.07) is 0. The topological polar surface area (TPSA) is 137 Å². The summed E-state index contributed by atoms with van der Waals surface area (Å²) in [5.41, 5.74) is 0. The molecule has 10 nitrogen and oxygen atoms in total.